The highest BCUT2D eigenvalue weighted by atomic mass is 16.1. The summed E-state index contributed by atoms with van der Waals surface area (Å²) in [7, 11) is 0. The van der Waals surface area contributed by atoms with Crippen LogP contribution in [0.15, 0.2) is 12.3 Å². The number of aromatic amines is 1. The average molecular weight is 125 g/mol. The van der Waals surface area contributed by atoms with Crippen molar-refractivity contribution in [1.29, 1.82) is 0 Å². The summed E-state index contributed by atoms with van der Waals surface area (Å²) < 4.78 is 0. The molecule has 47 valence electrons. The van der Waals surface area contributed by atoms with E-state index in [4.69, 9.17) is 5.84 Å². The number of hydrogen-bond donors (Lipinski definition) is 2. The third kappa shape index (κ3) is 1.06. The fourth-order valence-corrected chi connectivity index (χ4v) is 0.433. The van der Waals surface area contributed by atoms with E-state index in [1.165, 1.54) is 6.41 Å². The molecule has 1 heterocycles. The van der Waals surface area contributed by atoms with Crippen LogP contribution in [-0.2, 0) is 4.79 Å². The number of H-pyrrole nitrogens is 1. The van der Waals surface area contributed by atoms with Crippen LogP contribution >= 0.6 is 0 Å². The highest BCUT2D eigenvalue weighted by Crippen LogP contribution is 1.99. The molecule has 0 aliphatic heterocycles. The van der Waals surface area contributed by atoms with Gasteiger partial charge in [0.25, 0.3) is 0 Å². The van der Waals surface area contributed by atoms with Crippen molar-refractivity contribution >= 4 is 12.2 Å². The maximum Gasteiger partial charge on any atom is 0.333 e. The highest BCUT2D eigenvalue weighted by Gasteiger charge is 1.99. The zero-order valence-corrected chi connectivity index (χ0v) is 4.53. The van der Waals surface area contributed by atoms with Crippen molar-refractivity contribution in [2.24, 2.45) is 5.84 Å². The molecule has 5 nitrogen and oxygen atoms in total. The van der Waals surface area contributed by atoms with E-state index < -0.39 is 0 Å². The quantitative estimate of drug-likeness (QED) is 0.234. The summed E-state index contributed by atoms with van der Waals surface area (Å²) >= 11 is 0. The van der Waals surface area contributed by atoms with Gasteiger partial charge in [-0.2, -0.15) is 5.10 Å². The molecule has 1 rings (SSSR count). The molecule has 3 N–H and O–H groups in total. The molecule has 1 aromatic rings. The van der Waals surface area contributed by atoms with Crippen LogP contribution in [-0.4, -0.2) is 16.6 Å². The zero-order chi connectivity index (χ0) is 6.69. The smallest absolute Gasteiger partial charge is 0.284 e. The maximum absolute atomic E-state index is 9.83. The molecule has 0 aliphatic carbocycles. The monoisotopic (exact) mass is 125 g/mol. The first-order valence-electron chi connectivity index (χ1n) is 2.27. The van der Waals surface area contributed by atoms with Crippen molar-refractivity contribution in [1.82, 2.24) is 10.2 Å². The minimum absolute atomic E-state index is 0.352. The van der Waals surface area contributed by atoms with Crippen molar-refractivity contribution in [3.63, 3.8) is 0 Å². The summed E-state index contributed by atoms with van der Waals surface area (Å²) in [5.41, 5.74) is 0. The molecular formula is C4H5N4O. The standard InChI is InChI=1S/C4H5N4O/c5-8(3-9)4-1-2-6-7-4/h1-2H,5H2,(H,6,7). The van der Waals surface area contributed by atoms with E-state index >= 15 is 0 Å². The van der Waals surface area contributed by atoms with Gasteiger partial charge in [-0.1, -0.05) is 0 Å². The number of nitrogens with two attached hydrogens (primary N) is 1. The van der Waals surface area contributed by atoms with Crippen molar-refractivity contribution in [2.45, 2.75) is 0 Å². The summed E-state index contributed by atoms with van der Waals surface area (Å²) in [4.78, 5) is 9.83. The van der Waals surface area contributed by atoms with Crippen LogP contribution in [0.4, 0.5) is 5.82 Å². The second-order valence-electron chi connectivity index (χ2n) is 1.39. The predicted molar refractivity (Wildman–Crippen MR) is 30.9 cm³/mol. The van der Waals surface area contributed by atoms with Crippen LogP contribution in [0.1, 0.15) is 0 Å². The first-order chi connectivity index (χ1) is 4.34. The number of anilines is 1. The highest BCUT2D eigenvalue weighted by molar-refractivity contribution is 5.71. The number of aromatic nitrogens is 2. The Bertz CT molecular complexity index is 182. The number of amides is 1. The second kappa shape index (κ2) is 2.27. The van der Waals surface area contributed by atoms with Gasteiger partial charge in [0.05, 0.1) is 0 Å². The lowest BCUT2D eigenvalue weighted by Gasteiger charge is -2.00. The Hall–Kier alpha value is -1.36. The maximum atomic E-state index is 9.83. The van der Waals surface area contributed by atoms with Crippen LogP contribution in [0.5, 0.6) is 0 Å². The normalized spacial score (nSPS) is 9.00. The molecule has 0 saturated carbocycles. The Balaban J connectivity index is 2.76. The number of carbonyl (C=O) groups excluding carboxylic acids is 1. The molecule has 0 spiro atoms. The van der Waals surface area contributed by atoms with Crippen molar-refractivity contribution in [3.8, 4) is 0 Å². The molecular weight excluding hydrogens is 120 g/mol. The van der Waals surface area contributed by atoms with E-state index in [1.807, 2.05) is 0 Å². The third-order valence-corrected chi connectivity index (χ3v) is 0.831. The lowest BCUT2D eigenvalue weighted by atomic mass is 10.6. The summed E-state index contributed by atoms with van der Waals surface area (Å²) in [6, 6.07) is 1.56. The molecule has 1 radical (unpaired) electrons. The number of rotatable bonds is 2. The van der Waals surface area contributed by atoms with Gasteiger partial charge in [0.2, 0.25) is 0 Å². The van der Waals surface area contributed by atoms with Gasteiger partial charge < -0.3 is 0 Å². The van der Waals surface area contributed by atoms with Gasteiger partial charge in [0.15, 0.2) is 5.82 Å². The summed E-state index contributed by atoms with van der Waals surface area (Å²) in [6.07, 6.45) is 3.01. The molecule has 5 heteroatoms. The van der Waals surface area contributed by atoms with Gasteiger partial charge in [0, 0.05) is 12.3 Å². The number of hydrogen-bond acceptors (Lipinski definition) is 3. The lowest BCUT2D eigenvalue weighted by molar-refractivity contribution is 0.551. The Kier molecular flexibility index (Phi) is 1.46. The predicted octanol–water partition coefficient (Wildman–Crippen LogP) is -0.843. The van der Waals surface area contributed by atoms with Crippen LogP contribution in [0.25, 0.3) is 0 Å². The largest absolute Gasteiger partial charge is 0.333 e. The first kappa shape index (κ1) is 5.77. The van der Waals surface area contributed by atoms with Gasteiger partial charge in [0.1, 0.15) is 0 Å². The fraction of sp³-hybridized carbons (Fsp3) is 0. The number of hydrazine groups is 1. The molecule has 0 fully saturated rings. The van der Waals surface area contributed by atoms with Crippen LogP contribution < -0.4 is 10.9 Å². The van der Waals surface area contributed by atoms with E-state index in [-0.39, 0.29) is 0 Å². The van der Waals surface area contributed by atoms with Crippen LogP contribution in [0.2, 0.25) is 0 Å². The van der Waals surface area contributed by atoms with Gasteiger partial charge in [-0.05, 0) is 0 Å². The third-order valence-electron chi connectivity index (χ3n) is 0.831. The minimum Gasteiger partial charge on any atom is -0.284 e. The van der Waals surface area contributed by atoms with E-state index in [0.29, 0.717) is 5.82 Å². The van der Waals surface area contributed by atoms with E-state index in [0.717, 1.165) is 5.01 Å². The minimum atomic E-state index is 0.352. The molecule has 0 atom stereocenters. The first-order valence-corrected chi connectivity index (χ1v) is 2.27. The van der Waals surface area contributed by atoms with Gasteiger partial charge in [-0.15, -0.1) is 0 Å². The molecule has 0 bridgehead atoms. The molecule has 9 heavy (non-hydrogen) atoms. The van der Waals surface area contributed by atoms with E-state index in [9.17, 15) is 4.79 Å². The van der Waals surface area contributed by atoms with Gasteiger partial charge in [-0.25, -0.2) is 10.9 Å². The molecule has 1 amide bonds. The Morgan fingerprint density at radius 1 is 1.89 bits per heavy atom. The molecule has 0 aromatic carbocycles. The lowest BCUT2D eigenvalue weighted by Crippen LogP contribution is -2.28. The summed E-state index contributed by atoms with van der Waals surface area (Å²) in [5.74, 6) is 5.42. The summed E-state index contributed by atoms with van der Waals surface area (Å²) in [6.45, 7) is 0. The Morgan fingerprint density at radius 2 is 2.67 bits per heavy atom. The molecule has 0 saturated heterocycles. The summed E-state index contributed by atoms with van der Waals surface area (Å²) in [5, 5.41) is 6.86. The Morgan fingerprint density at radius 3 is 3.11 bits per heavy atom. The topological polar surface area (TPSA) is 75.0 Å². The van der Waals surface area contributed by atoms with E-state index in [2.05, 4.69) is 10.2 Å². The molecule has 0 unspecified atom stereocenters. The van der Waals surface area contributed by atoms with Crippen molar-refractivity contribution in [2.75, 3.05) is 5.01 Å². The number of nitrogens with zero attached hydrogens (tertiary/aromatic N) is 2. The number of nitrogens with one attached hydrogen (secondary N) is 1. The Labute approximate surface area is 51.4 Å². The van der Waals surface area contributed by atoms with Crippen molar-refractivity contribution in [3.05, 3.63) is 12.3 Å². The fourth-order valence-electron chi connectivity index (χ4n) is 0.433. The van der Waals surface area contributed by atoms with Gasteiger partial charge >= 0.3 is 6.41 Å². The van der Waals surface area contributed by atoms with Crippen LogP contribution in [0.3, 0.4) is 0 Å². The van der Waals surface area contributed by atoms with Gasteiger partial charge in [-0.3, -0.25) is 9.89 Å². The van der Waals surface area contributed by atoms with Crippen molar-refractivity contribution < 1.29 is 4.79 Å². The van der Waals surface area contributed by atoms with E-state index in [1.54, 1.807) is 12.3 Å². The SMILES string of the molecule is NN([C]=O)c1cc[nH]n1. The molecule has 1 aromatic heterocycles. The second-order valence-corrected chi connectivity index (χ2v) is 1.39. The molecule has 0 aliphatic rings. The zero-order valence-electron chi connectivity index (χ0n) is 4.53. The average Bonchev–Trinajstić information content (AvgIpc) is 2.37. The van der Waals surface area contributed by atoms with Crippen LogP contribution in [0, 0.1) is 0 Å².